The van der Waals surface area contributed by atoms with Gasteiger partial charge in [0, 0.05) is 17.3 Å². The van der Waals surface area contributed by atoms with E-state index in [4.69, 9.17) is 0 Å². The van der Waals surface area contributed by atoms with Gasteiger partial charge in [-0.1, -0.05) is 91.0 Å². The van der Waals surface area contributed by atoms with Gasteiger partial charge in [0.1, 0.15) is 5.69 Å². The number of aromatic nitrogens is 3. The van der Waals surface area contributed by atoms with Crippen LogP contribution in [-0.4, -0.2) is 20.5 Å². The lowest BCUT2D eigenvalue weighted by Gasteiger charge is -2.20. The summed E-state index contributed by atoms with van der Waals surface area (Å²) in [6, 6.07) is 33.3. The molecule has 3 aromatic carbocycles. The molecule has 1 N–H and O–H groups in total. The zero-order chi connectivity index (χ0) is 21.9. The molecule has 5 aromatic rings. The second-order valence-corrected chi connectivity index (χ2v) is 7.68. The zero-order valence-corrected chi connectivity index (χ0v) is 17.6. The first-order valence-electron chi connectivity index (χ1n) is 10.5. The maximum Gasteiger partial charge on any atom is 0.270 e. The van der Waals surface area contributed by atoms with Gasteiger partial charge in [-0.2, -0.15) is 5.10 Å². The first-order valence-corrected chi connectivity index (χ1v) is 10.5. The minimum Gasteiger partial charge on any atom is -0.340 e. The Kier molecular flexibility index (Phi) is 5.22. The number of carbonyl (C=O) groups is 1. The Morgan fingerprint density at radius 1 is 0.812 bits per heavy atom. The fraction of sp³-hybridized carbons (Fsp3) is 0.0741. The smallest absolute Gasteiger partial charge is 0.270 e. The number of nitrogens with zero attached hydrogens (tertiary/aromatic N) is 3. The third kappa shape index (κ3) is 3.88. The van der Waals surface area contributed by atoms with Gasteiger partial charge in [0.15, 0.2) is 5.65 Å². The average Bonchev–Trinajstić information content (AvgIpc) is 3.29. The summed E-state index contributed by atoms with van der Waals surface area (Å²) in [5, 5.41) is 7.83. The van der Waals surface area contributed by atoms with Crippen LogP contribution in [0, 0.1) is 6.92 Å². The van der Waals surface area contributed by atoms with E-state index in [-0.39, 0.29) is 11.9 Å². The molecule has 0 fully saturated rings. The molecule has 2 heterocycles. The molecule has 156 valence electrons. The number of amides is 1. The van der Waals surface area contributed by atoms with Crippen LogP contribution in [0.5, 0.6) is 0 Å². The van der Waals surface area contributed by atoms with Crippen molar-refractivity contribution in [3.05, 3.63) is 126 Å². The zero-order valence-electron chi connectivity index (χ0n) is 17.6. The van der Waals surface area contributed by atoms with Gasteiger partial charge in [-0.3, -0.25) is 4.79 Å². The van der Waals surface area contributed by atoms with Crippen molar-refractivity contribution in [3.8, 4) is 11.3 Å². The standard InChI is InChI=1S/C27H22N4O/c1-19-17-24(28-25-18-23(30-31(19)25)20-11-5-2-6-12-20)27(32)29-26(21-13-7-3-8-14-21)22-15-9-4-10-16-22/h2-18,26H,1H3,(H,29,32). The highest BCUT2D eigenvalue weighted by Gasteiger charge is 2.20. The Bertz CT molecular complexity index is 1320. The minimum absolute atomic E-state index is 0.226. The molecule has 0 radical (unpaired) electrons. The highest BCUT2D eigenvalue weighted by atomic mass is 16.1. The summed E-state index contributed by atoms with van der Waals surface area (Å²) >= 11 is 0. The third-order valence-electron chi connectivity index (χ3n) is 5.45. The number of hydrogen-bond acceptors (Lipinski definition) is 3. The molecule has 0 atom stereocenters. The molecule has 0 aliphatic heterocycles. The number of rotatable bonds is 5. The summed E-state index contributed by atoms with van der Waals surface area (Å²) in [5.41, 5.74) is 5.72. The fourth-order valence-electron chi connectivity index (χ4n) is 3.85. The summed E-state index contributed by atoms with van der Waals surface area (Å²) in [6.45, 7) is 1.93. The molecule has 0 saturated carbocycles. The van der Waals surface area contributed by atoms with Crippen LogP contribution in [0.1, 0.15) is 33.4 Å². The predicted octanol–water partition coefficient (Wildman–Crippen LogP) is 5.22. The lowest BCUT2D eigenvalue weighted by Crippen LogP contribution is -2.30. The molecule has 0 unspecified atom stereocenters. The van der Waals surface area contributed by atoms with Crippen molar-refractivity contribution >= 4 is 11.6 Å². The van der Waals surface area contributed by atoms with Crippen molar-refractivity contribution in [1.82, 2.24) is 19.9 Å². The van der Waals surface area contributed by atoms with Gasteiger partial charge in [0.2, 0.25) is 0 Å². The Morgan fingerprint density at radius 2 is 1.38 bits per heavy atom. The van der Waals surface area contributed by atoms with Crippen molar-refractivity contribution in [3.63, 3.8) is 0 Å². The van der Waals surface area contributed by atoms with E-state index >= 15 is 0 Å². The van der Waals surface area contributed by atoms with Gasteiger partial charge in [-0.05, 0) is 24.1 Å². The maximum atomic E-state index is 13.3. The van der Waals surface area contributed by atoms with Crippen molar-refractivity contribution < 1.29 is 4.79 Å². The van der Waals surface area contributed by atoms with E-state index in [1.165, 1.54) is 0 Å². The molecule has 2 aromatic heterocycles. The topological polar surface area (TPSA) is 59.3 Å². The first kappa shape index (κ1) is 19.7. The molecule has 32 heavy (non-hydrogen) atoms. The molecule has 0 aliphatic rings. The van der Waals surface area contributed by atoms with Crippen molar-refractivity contribution in [2.45, 2.75) is 13.0 Å². The molecule has 1 amide bonds. The minimum atomic E-state index is -0.270. The number of nitrogens with one attached hydrogen (secondary N) is 1. The summed E-state index contributed by atoms with van der Waals surface area (Å²) in [5.74, 6) is -0.226. The van der Waals surface area contributed by atoms with E-state index in [0.717, 1.165) is 28.1 Å². The molecule has 0 aliphatic carbocycles. The number of carbonyl (C=O) groups excluding carboxylic acids is 1. The van der Waals surface area contributed by atoms with Crippen LogP contribution in [0.2, 0.25) is 0 Å². The van der Waals surface area contributed by atoms with E-state index in [9.17, 15) is 4.79 Å². The van der Waals surface area contributed by atoms with Crippen LogP contribution in [0.4, 0.5) is 0 Å². The van der Waals surface area contributed by atoms with Gasteiger partial charge < -0.3 is 5.32 Å². The van der Waals surface area contributed by atoms with Gasteiger partial charge in [0.05, 0.1) is 11.7 Å². The lowest BCUT2D eigenvalue weighted by molar-refractivity contribution is 0.0938. The molecular formula is C27H22N4O. The van der Waals surface area contributed by atoms with Crippen molar-refractivity contribution in [2.75, 3.05) is 0 Å². The Labute approximate surface area is 186 Å². The number of benzene rings is 3. The normalized spacial score (nSPS) is 11.1. The summed E-state index contributed by atoms with van der Waals surface area (Å²) in [7, 11) is 0. The highest BCUT2D eigenvalue weighted by Crippen LogP contribution is 2.23. The first-order chi connectivity index (χ1) is 15.7. The van der Waals surface area contributed by atoms with Gasteiger partial charge in [-0.15, -0.1) is 0 Å². The van der Waals surface area contributed by atoms with Crippen LogP contribution in [0.25, 0.3) is 16.9 Å². The second kappa shape index (κ2) is 8.47. The van der Waals surface area contributed by atoms with Gasteiger partial charge in [0.25, 0.3) is 5.91 Å². The average molecular weight is 419 g/mol. The molecule has 0 saturated heterocycles. The van der Waals surface area contributed by atoms with E-state index in [1.54, 1.807) is 10.6 Å². The maximum absolute atomic E-state index is 13.3. The Hall–Kier alpha value is -4.25. The summed E-state index contributed by atoms with van der Waals surface area (Å²) in [4.78, 5) is 17.9. The van der Waals surface area contributed by atoms with Crippen LogP contribution in [0.15, 0.2) is 103 Å². The Balaban J connectivity index is 1.49. The van der Waals surface area contributed by atoms with Crippen LogP contribution < -0.4 is 5.32 Å². The summed E-state index contributed by atoms with van der Waals surface area (Å²) in [6.07, 6.45) is 0. The van der Waals surface area contributed by atoms with Crippen molar-refractivity contribution in [1.29, 1.82) is 0 Å². The third-order valence-corrected chi connectivity index (χ3v) is 5.45. The van der Waals surface area contributed by atoms with Gasteiger partial charge in [-0.25, -0.2) is 9.50 Å². The monoisotopic (exact) mass is 418 g/mol. The van der Waals surface area contributed by atoms with Crippen molar-refractivity contribution in [2.24, 2.45) is 0 Å². The quantitative estimate of drug-likeness (QED) is 0.425. The molecule has 0 bridgehead atoms. The number of hydrogen-bond donors (Lipinski definition) is 1. The fourth-order valence-corrected chi connectivity index (χ4v) is 3.85. The number of fused-ring (bicyclic) bond motifs is 1. The lowest BCUT2D eigenvalue weighted by atomic mass is 9.98. The van der Waals surface area contributed by atoms with Crippen LogP contribution >= 0.6 is 0 Å². The van der Waals surface area contributed by atoms with Gasteiger partial charge >= 0.3 is 0 Å². The highest BCUT2D eigenvalue weighted by molar-refractivity contribution is 5.93. The predicted molar refractivity (Wildman–Crippen MR) is 125 cm³/mol. The number of aryl methyl sites for hydroxylation is 1. The van der Waals surface area contributed by atoms with E-state index in [2.05, 4.69) is 15.4 Å². The SMILES string of the molecule is Cc1cc(C(=O)NC(c2ccccc2)c2ccccc2)nc2cc(-c3ccccc3)nn12. The molecule has 0 spiro atoms. The molecule has 5 rings (SSSR count). The largest absolute Gasteiger partial charge is 0.340 e. The van der Waals surface area contributed by atoms with Crippen LogP contribution in [-0.2, 0) is 0 Å². The second-order valence-electron chi connectivity index (χ2n) is 7.68. The molecular weight excluding hydrogens is 396 g/mol. The summed E-state index contributed by atoms with van der Waals surface area (Å²) < 4.78 is 1.77. The van der Waals surface area contributed by atoms with E-state index < -0.39 is 0 Å². The molecule has 5 nitrogen and oxygen atoms in total. The molecule has 5 heteroatoms. The van der Waals surface area contributed by atoms with Crippen LogP contribution in [0.3, 0.4) is 0 Å². The Morgan fingerprint density at radius 3 is 1.97 bits per heavy atom. The van der Waals surface area contributed by atoms with E-state index in [0.29, 0.717) is 11.3 Å². The van der Waals surface area contributed by atoms with E-state index in [1.807, 2.05) is 104 Å².